The van der Waals surface area contributed by atoms with Gasteiger partial charge in [0, 0.05) is 23.3 Å². The Morgan fingerprint density at radius 1 is 1.21 bits per heavy atom. The maximum Gasteiger partial charge on any atom is 0.496 e. The number of rotatable bonds is 2. The predicted molar refractivity (Wildman–Crippen MR) is 76.9 cm³/mol. The van der Waals surface area contributed by atoms with Gasteiger partial charge in [-0.15, -0.1) is 0 Å². The number of aromatic nitrogens is 1. The third-order valence-corrected chi connectivity index (χ3v) is 4.59. The highest BCUT2D eigenvalue weighted by atomic mass is 35.5. The summed E-state index contributed by atoms with van der Waals surface area (Å²) in [7, 11) is -0.369. The van der Waals surface area contributed by atoms with Crippen molar-refractivity contribution < 1.29 is 9.31 Å². The van der Waals surface area contributed by atoms with E-state index < -0.39 is 0 Å². The van der Waals surface area contributed by atoms with Crippen LogP contribution in [0.4, 0.5) is 0 Å². The molecule has 1 aromatic heterocycles. The molecule has 2 heterocycles. The topological polar surface area (TPSA) is 31.4 Å². The minimum atomic E-state index is -0.369. The number of hydrogen-bond donors (Lipinski definition) is 0. The van der Waals surface area contributed by atoms with Gasteiger partial charge in [-0.2, -0.15) is 0 Å². The van der Waals surface area contributed by atoms with Crippen LogP contribution >= 0.6 is 11.6 Å². The van der Waals surface area contributed by atoms with Gasteiger partial charge in [0.05, 0.1) is 16.2 Å². The second kappa shape index (κ2) is 4.21. The molecule has 2 aliphatic rings. The SMILES string of the molecule is CC1(C)OB(c2cc(Cl)cnc2C2CC2)OC1(C)C. The lowest BCUT2D eigenvalue weighted by Crippen LogP contribution is -2.41. The van der Waals surface area contributed by atoms with Crippen LogP contribution in [0.1, 0.15) is 52.1 Å². The van der Waals surface area contributed by atoms with E-state index >= 15 is 0 Å². The third kappa shape index (κ3) is 2.30. The largest absolute Gasteiger partial charge is 0.496 e. The molecule has 1 aliphatic heterocycles. The fraction of sp³-hybridized carbons (Fsp3) is 0.643. The summed E-state index contributed by atoms with van der Waals surface area (Å²) < 4.78 is 12.2. The lowest BCUT2D eigenvalue weighted by atomic mass is 9.77. The van der Waals surface area contributed by atoms with Crippen LogP contribution in [0.25, 0.3) is 0 Å². The van der Waals surface area contributed by atoms with E-state index in [0.29, 0.717) is 10.9 Å². The molecule has 0 aromatic carbocycles. The normalized spacial score (nSPS) is 24.8. The molecule has 1 aliphatic carbocycles. The highest BCUT2D eigenvalue weighted by Crippen LogP contribution is 2.41. The summed E-state index contributed by atoms with van der Waals surface area (Å²) in [6.45, 7) is 8.23. The Labute approximate surface area is 119 Å². The van der Waals surface area contributed by atoms with Crippen molar-refractivity contribution >= 4 is 24.2 Å². The van der Waals surface area contributed by atoms with Gasteiger partial charge in [0.2, 0.25) is 0 Å². The number of hydrogen-bond acceptors (Lipinski definition) is 3. The summed E-state index contributed by atoms with van der Waals surface area (Å²) in [6.07, 6.45) is 4.10. The molecular weight excluding hydrogens is 260 g/mol. The summed E-state index contributed by atoms with van der Waals surface area (Å²) in [6, 6.07) is 1.93. The molecule has 0 bridgehead atoms. The van der Waals surface area contributed by atoms with Gasteiger partial charge in [0.25, 0.3) is 0 Å². The van der Waals surface area contributed by atoms with Crippen LogP contribution in [-0.2, 0) is 9.31 Å². The maximum absolute atomic E-state index is 6.10. The quantitative estimate of drug-likeness (QED) is 0.780. The van der Waals surface area contributed by atoms with Crippen molar-refractivity contribution in [3.05, 3.63) is 23.0 Å². The molecule has 1 saturated carbocycles. The zero-order chi connectivity index (χ0) is 13.8. The van der Waals surface area contributed by atoms with Crippen LogP contribution in [0.5, 0.6) is 0 Å². The standard InChI is InChI=1S/C14H19BClNO2/c1-13(2)14(3,4)19-15(18-13)11-7-10(16)8-17-12(11)9-5-6-9/h7-9H,5-6H2,1-4H3. The Bertz CT molecular complexity index is 498. The van der Waals surface area contributed by atoms with E-state index in [1.165, 1.54) is 12.8 Å². The van der Waals surface area contributed by atoms with Gasteiger partial charge in [-0.25, -0.2) is 0 Å². The number of pyridine rings is 1. The Balaban J connectivity index is 1.97. The maximum atomic E-state index is 6.10. The second-order valence-electron chi connectivity index (χ2n) is 6.49. The van der Waals surface area contributed by atoms with Crippen LogP contribution in [0.15, 0.2) is 12.3 Å². The zero-order valence-corrected chi connectivity index (χ0v) is 12.6. The van der Waals surface area contributed by atoms with Crippen molar-refractivity contribution in [3.8, 4) is 0 Å². The zero-order valence-electron chi connectivity index (χ0n) is 11.9. The van der Waals surface area contributed by atoms with E-state index in [1.54, 1.807) is 6.20 Å². The van der Waals surface area contributed by atoms with Gasteiger partial charge in [0.15, 0.2) is 0 Å². The summed E-state index contributed by atoms with van der Waals surface area (Å²) in [4.78, 5) is 4.49. The molecule has 1 aromatic rings. The first-order valence-corrected chi connectivity index (χ1v) is 7.19. The van der Waals surface area contributed by atoms with Gasteiger partial charge in [-0.05, 0) is 46.6 Å². The fourth-order valence-electron chi connectivity index (χ4n) is 2.32. The Morgan fingerprint density at radius 3 is 2.32 bits per heavy atom. The molecule has 3 rings (SSSR count). The smallest absolute Gasteiger partial charge is 0.399 e. The highest BCUT2D eigenvalue weighted by Gasteiger charge is 2.53. The van der Waals surface area contributed by atoms with Gasteiger partial charge >= 0.3 is 7.12 Å². The van der Waals surface area contributed by atoms with Crippen molar-refractivity contribution in [2.45, 2.75) is 57.7 Å². The van der Waals surface area contributed by atoms with E-state index in [-0.39, 0.29) is 18.3 Å². The van der Waals surface area contributed by atoms with Crippen LogP contribution < -0.4 is 5.46 Å². The van der Waals surface area contributed by atoms with Crippen LogP contribution in [0, 0.1) is 0 Å². The molecule has 0 amide bonds. The molecule has 0 unspecified atom stereocenters. The summed E-state index contributed by atoms with van der Waals surface area (Å²) in [5, 5.41) is 0.633. The van der Waals surface area contributed by atoms with E-state index in [0.717, 1.165) is 11.2 Å². The van der Waals surface area contributed by atoms with Crippen LogP contribution in [-0.4, -0.2) is 23.3 Å². The third-order valence-electron chi connectivity index (χ3n) is 4.39. The van der Waals surface area contributed by atoms with Gasteiger partial charge in [0.1, 0.15) is 0 Å². The first kappa shape index (κ1) is 13.4. The molecule has 0 N–H and O–H groups in total. The lowest BCUT2D eigenvalue weighted by Gasteiger charge is -2.32. The van der Waals surface area contributed by atoms with Crippen LogP contribution in [0.2, 0.25) is 5.02 Å². The minimum Gasteiger partial charge on any atom is -0.399 e. The summed E-state index contributed by atoms with van der Waals surface area (Å²) in [5.74, 6) is 0.547. The Hall–Kier alpha value is -0.575. The minimum absolute atomic E-state index is 0.333. The average Bonchev–Trinajstić information content (AvgIpc) is 3.07. The van der Waals surface area contributed by atoms with Crippen molar-refractivity contribution in [3.63, 3.8) is 0 Å². The molecule has 2 fully saturated rings. The molecule has 0 atom stereocenters. The van der Waals surface area contributed by atoms with E-state index in [4.69, 9.17) is 20.9 Å². The Kier molecular flexibility index (Phi) is 2.97. The van der Waals surface area contributed by atoms with Crippen molar-refractivity contribution in [2.75, 3.05) is 0 Å². The fourth-order valence-corrected chi connectivity index (χ4v) is 2.49. The predicted octanol–water partition coefficient (Wildman–Crippen LogP) is 2.91. The number of halogens is 1. The molecule has 5 heteroatoms. The van der Waals surface area contributed by atoms with Crippen molar-refractivity contribution in [1.82, 2.24) is 4.98 Å². The van der Waals surface area contributed by atoms with Gasteiger partial charge in [-0.3, -0.25) is 4.98 Å². The molecule has 0 radical (unpaired) electrons. The van der Waals surface area contributed by atoms with Crippen molar-refractivity contribution in [1.29, 1.82) is 0 Å². The van der Waals surface area contributed by atoms with Crippen molar-refractivity contribution in [2.24, 2.45) is 0 Å². The number of nitrogens with zero attached hydrogens (tertiary/aromatic N) is 1. The van der Waals surface area contributed by atoms with E-state index in [2.05, 4.69) is 32.7 Å². The van der Waals surface area contributed by atoms with E-state index in [1.807, 2.05) is 6.07 Å². The van der Waals surface area contributed by atoms with E-state index in [9.17, 15) is 0 Å². The first-order chi connectivity index (χ1) is 8.80. The monoisotopic (exact) mass is 279 g/mol. The summed E-state index contributed by atoms with van der Waals surface area (Å²) in [5.41, 5.74) is 1.42. The van der Waals surface area contributed by atoms with Gasteiger partial charge in [-0.1, -0.05) is 11.6 Å². The average molecular weight is 280 g/mol. The first-order valence-electron chi connectivity index (χ1n) is 6.81. The lowest BCUT2D eigenvalue weighted by molar-refractivity contribution is 0.00578. The summed E-state index contributed by atoms with van der Waals surface area (Å²) >= 11 is 6.09. The molecule has 102 valence electrons. The molecule has 1 saturated heterocycles. The Morgan fingerprint density at radius 2 is 1.79 bits per heavy atom. The molecular formula is C14H19BClNO2. The molecule has 0 spiro atoms. The second-order valence-corrected chi connectivity index (χ2v) is 6.93. The van der Waals surface area contributed by atoms with Crippen LogP contribution in [0.3, 0.4) is 0 Å². The molecule has 3 nitrogen and oxygen atoms in total. The van der Waals surface area contributed by atoms with Gasteiger partial charge < -0.3 is 9.31 Å². The molecule has 19 heavy (non-hydrogen) atoms. The highest BCUT2D eigenvalue weighted by molar-refractivity contribution is 6.63.